The Morgan fingerprint density at radius 3 is 2.53 bits per heavy atom. The second-order valence-electron chi connectivity index (χ2n) is 5.35. The van der Waals surface area contributed by atoms with Gasteiger partial charge < -0.3 is 10.6 Å². The monoisotopic (exact) mass is 236 g/mol. The fourth-order valence-corrected chi connectivity index (χ4v) is 2.28. The van der Waals surface area contributed by atoms with Gasteiger partial charge in [0.25, 0.3) is 0 Å². The Morgan fingerprint density at radius 1 is 1.41 bits per heavy atom. The molecule has 1 saturated carbocycles. The largest absolute Gasteiger partial charge is 0.323 e. The fourth-order valence-electron chi connectivity index (χ4n) is 2.28. The van der Waals surface area contributed by atoms with Crippen LogP contribution in [-0.4, -0.2) is 25.0 Å². The molecule has 1 aromatic rings. The van der Waals surface area contributed by atoms with Crippen molar-refractivity contribution in [2.45, 2.75) is 19.4 Å². The molecule has 94 valence electrons. The summed E-state index contributed by atoms with van der Waals surface area (Å²) < 4.78 is 12.8. The molecule has 2 rings (SSSR count). The first-order valence-electron chi connectivity index (χ1n) is 6.26. The summed E-state index contributed by atoms with van der Waals surface area (Å²) in [4.78, 5) is 2.28. The van der Waals surface area contributed by atoms with Crippen molar-refractivity contribution in [1.82, 2.24) is 4.90 Å². The fraction of sp³-hybridized carbons (Fsp3) is 0.571. The van der Waals surface area contributed by atoms with Crippen LogP contribution in [0.2, 0.25) is 0 Å². The van der Waals surface area contributed by atoms with Gasteiger partial charge in [-0.1, -0.05) is 19.1 Å². The van der Waals surface area contributed by atoms with E-state index in [9.17, 15) is 4.39 Å². The number of hydrogen-bond acceptors (Lipinski definition) is 2. The zero-order valence-corrected chi connectivity index (χ0v) is 10.6. The molecule has 0 radical (unpaired) electrons. The number of likely N-dealkylation sites (N-methyl/N-ethyl adjacent to an activating group) is 1. The number of nitrogens with two attached hydrogens (primary N) is 1. The van der Waals surface area contributed by atoms with Gasteiger partial charge in [0.1, 0.15) is 5.82 Å². The lowest BCUT2D eigenvalue weighted by Crippen LogP contribution is -2.30. The Labute approximate surface area is 103 Å². The Hall–Kier alpha value is -0.930. The first-order chi connectivity index (χ1) is 8.06. The third-order valence-corrected chi connectivity index (χ3v) is 3.63. The number of rotatable bonds is 5. The maximum Gasteiger partial charge on any atom is 0.123 e. The average Bonchev–Trinajstić information content (AvgIpc) is 2.94. The van der Waals surface area contributed by atoms with Gasteiger partial charge in [-0.3, -0.25) is 0 Å². The van der Waals surface area contributed by atoms with Gasteiger partial charge in [-0.25, -0.2) is 4.39 Å². The Bertz CT molecular complexity index is 363. The summed E-state index contributed by atoms with van der Waals surface area (Å²) >= 11 is 0. The van der Waals surface area contributed by atoms with Crippen molar-refractivity contribution in [3.63, 3.8) is 0 Å². The van der Waals surface area contributed by atoms with Gasteiger partial charge in [-0.05, 0) is 43.0 Å². The summed E-state index contributed by atoms with van der Waals surface area (Å²) in [6, 6.07) is 6.45. The molecular formula is C14H21FN2. The van der Waals surface area contributed by atoms with Crippen LogP contribution in [0.1, 0.15) is 24.9 Å². The van der Waals surface area contributed by atoms with Gasteiger partial charge in [0.05, 0.1) is 0 Å². The van der Waals surface area contributed by atoms with Crippen LogP contribution in [-0.2, 0) is 0 Å². The van der Waals surface area contributed by atoms with Crippen LogP contribution in [0.15, 0.2) is 24.3 Å². The molecule has 1 aromatic carbocycles. The lowest BCUT2D eigenvalue weighted by molar-refractivity contribution is 0.296. The van der Waals surface area contributed by atoms with E-state index in [1.807, 2.05) is 0 Å². The second kappa shape index (κ2) is 5.15. The van der Waals surface area contributed by atoms with E-state index in [0.717, 1.165) is 30.5 Å². The summed E-state index contributed by atoms with van der Waals surface area (Å²) in [7, 11) is 2.11. The number of nitrogens with zero attached hydrogens (tertiary/aromatic N) is 1. The molecule has 0 bridgehead atoms. The molecule has 0 heterocycles. The summed E-state index contributed by atoms with van der Waals surface area (Å²) in [5.74, 6) is 1.51. The Kier molecular flexibility index (Phi) is 3.79. The van der Waals surface area contributed by atoms with E-state index < -0.39 is 0 Å². The molecule has 3 heteroatoms. The van der Waals surface area contributed by atoms with Crippen LogP contribution >= 0.6 is 0 Å². The number of hydrogen-bond donors (Lipinski definition) is 1. The molecule has 1 aliphatic rings. The molecule has 1 fully saturated rings. The zero-order valence-electron chi connectivity index (χ0n) is 10.6. The molecule has 17 heavy (non-hydrogen) atoms. The van der Waals surface area contributed by atoms with E-state index in [2.05, 4.69) is 18.9 Å². The summed E-state index contributed by atoms with van der Waals surface area (Å²) in [6.07, 6.45) is 1.34. The SMILES string of the molecule is CC1CC1CN(C)CC(N)c1ccc(F)cc1. The highest BCUT2D eigenvalue weighted by Gasteiger charge is 2.33. The maximum absolute atomic E-state index is 12.8. The van der Waals surface area contributed by atoms with E-state index in [4.69, 9.17) is 5.73 Å². The minimum Gasteiger partial charge on any atom is -0.323 e. The third kappa shape index (κ3) is 3.51. The quantitative estimate of drug-likeness (QED) is 0.850. The van der Waals surface area contributed by atoms with E-state index in [0.29, 0.717) is 0 Å². The van der Waals surface area contributed by atoms with Crippen molar-refractivity contribution in [1.29, 1.82) is 0 Å². The molecule has 0 aromatic heterocycles. The van der Waals surface area contributed by atoms with Crippen LogP contribution in [0.5, 0.6) is 0 Å². The zero-order chi connectivity index (χ0) is 12.4. The van der Waals surface area contributed by atoms with E-state index >= 15 is 0 Å². The first-order valence-corrected chi connectivity index (χ1v) is 6.26. The minimum absolute atomic E-state index is 0.0327. The van der Waals surface area contributed by atoms with Gasteiger partial charge in [0.15, 0.2) is 0 Å². The second-order valence-corrected chi connectivity index (χ2v) is 5.35. The Balaban J connectivity index is 1.83. The molecular weight excluding hydrogens is 215 g/mol. The normalized spacial score (nSPS) is 25.0. The minimum atomic E-state index is -0.207. The summed E-state index contributed by atoms with van der Waals surface area (Å²) in [6.45, 7) is 4.24. The van der Waals surface area contributed by atoms with Crippen LogP contribution in [0, 0.1) is 17.7 Å². The van der Waals surface area contributed by atoms with Crippen LogP contribution < -0.4 is 5.73 Å². The summed E-state index contributed by atoms with van der Waals surface area (Å²) in [5.41, 5.74) is 7.11. The smallest absolute Gasteiger partial charge is 0.123 e. The molecule has 2 nitrogen and oxygen atoms in total. The predicted octanol–water partition coefficient (Wildman–Crippen LogP) is 2.41. The molecule has 1 aliphatic carbocycles. The van der Waals surface area contributed by atoms with Gasteiger partial charge in [0.2, 0.25) is 0 Å². The van der Waals surface area contributed by atoms with Gasteiger partial charge in [-0.2, -0.15) is 0 Å². The van der Waals surface area contributed by atoms with Crippen LogP contribution in [0.3, 0.4) is 0 Å². The molecule has 0 aliphatic heterocycles. The standard InChI is InChI=1S/C14H21FN2/c1-10-7-12(10)8-17(2)9-14(16)11-3-5-13(15)6-4-11/h3-6,10,12,14H,7-9,16H2,1-2H3. The molecule has 0 amide bonds. The van der Waals surface area contributed by atoms with Crippen molar-refractivity contribution >= 4 is 0 Å². The number of benzene rings is 1. The van der Waals surface area contributed by atoms with E-state index in [-0.39, 0.29) is 11.9 Å². The predicted molar refractivity (Wildman–Crippen MR) is 68.1 cm³/mol. The first kappa shape index (κ1) is 12.5. The van der Waals surface area contributed by atoms with Gasteiger partial charge in [0, 0.05) is 19.1 Å². The lowest BCUT2D eigenvalue weighted by Gasteiger charge is -2.21. The van der Waals surface area contributed by atoms with Crippen molar-refractivity contribution in [3.05, 3.63) is 35.6 Å². The topological polar surface area (TPSA) is 29.3 Å². The number of halogens is 1. The lowest BCUT2D eigenvalue weighted by atomic mass is 10.1. The van der Waals surface area contributed by atoms with E-state index in [1.54, 1.807) is 12.1 Å². The van der Waals surface area contributed by atoms with Crippen molar-refractivity contribution in [2.24, 2.45) is 17.6 Å². The molecule has 3 unspecified atom stereocenters. The van der Waals surface area contributed by atoms with Gasteiger partial charge >= 0.3 is 0 Å². The molecule has 0 saturated heterocycles. The Morgan fingerprint density at radius 2 is 2.00 bits per heavy atom. The highest BCUT2D eigenvalue weighted by Crippen LogP contribution is 2.38. The van der Waals surface area contributed by atoms with Crippen molar-refractivity contribution in [2.75, 3.05) is 20.1 Å². The summed E-state index contributed by atoms with van der Waals surface area (Å²) in [5, 5.41) is 0. The van der Waals surface area contributed by atoms with Crippen molar-refractivity contribution in [3.8, 4) is 0 Å². The average molecular weight is 236 g/mol. The van der Waals surface area contributed by atoms with E-state index in [1.165, 1.54) is 18.6 Å². The van der Waals surface area contributed by atoms with Crippen molar-refractivity contribution < 1.29 is 4.39 Å². The van der Waals surface area contributed by atoms with Crippen LogP contribution in [0.4, 0.5) is 4.39 Å². The van der Waals surface area contributed by atoms with Gasteiger partial charge in [-0.15, -0.1) is 0 Å². The highest BCUT2D eigenvalue weighted by molar-refractivity contribution is 5.19. The molecule has 3 atom stereocenters. The molecule has 0 spiro atoms. The maximum atomic E-state index is 12.8. The third-order valence-electron chi connectivity index (χ3n) is 3.63. The molecule has 2 N–H and O–H groups in total. The highest BCUT2D eigenvalue weighted by atomic mass is 19.1. The van der Waals surface area contributed by atoms with Crippen LogP contribution in [0.25, 0.3) is 0 Å².